The van der Waals surface area contributed by atoms with E-state index in [4.69, 9.17) is 4.74 Å². The lowest BCUT2D eigenvalue weighted by Crippen LogP contribution is -2.08. The average Bonchev–Trinajstić information content (AvgIpc) is 2.91. The minimum Gasteiger partial charge on any atom is -0.487 e. The monoisotopic (exact) mass is 291 g/mol. The van der Waals surface area contributed by atoms with Crippen LogP contribution in [0, 0.1) is 10.1 Å². The molecule has 0 unspecified atom stereocenters. The maximum Gasteiger partial charge on any atom is 0.311 e. The van der Waals surface area contributed by atoms with E-state index in [0.717, 1.165) is 4.88 Å². The SMILES string of the molecule is CCOc1c(C(=O)Cc2cccs2)cccc1[N+](=O)[O-]. The van der Waals surface area contributed by atoms with Crippen LogP contribution in [0.2, 0.25) is 0 Å². The molecule has 104 valence electrons. The van der Waals surface area contributed by atoms with E-state index >= 15 is 0 Å². The Kier molecular flexibility index (Phi) is 4.47. The number of hydrogen-bond acceptors (Lipinski definition) is 5. The Morgan fingerprint density at radius 2 is 2.15 bits per heavy atom. The van der Waals surface area contributed by atoms with Gasteiger partial charge >= 0.3 is 5.69 Å². The first-order chi connectivity index (χ1) is 9.63. The van der Waals surface area contributed by atoms with Gasteiger partial charge in [0, 0.05) is 17.4 Å². The van der Waals surface area contributed by atoms with Crippen molar-refractivity contribution in [3.8, 4) is 5.75 Å². The summed E-state index contributed by atoms with van der Waals surface area (Å²) >= 11 is 1.48. The van der Waals surface area contributed by atoms with E-state index in [2.05, 4.69) is 0 Å². The summed E-state index contributed by atoms with van der Waals surface area (Å²) in [7, 11) is 0. The lowest BCUT2D eigenvalue weighted by Gasteiger charge is -2.09. The number of benzene rings is 1. The molecule has 2 aromatic rings. The van der Waals surface area contributed by atoms with Gasteiger partial charge in [-0.25, -0.2) is 0 Å². The molecule has 5 nitrogen and oxygen atoms in total. The van der Waals surface area contributed by atoms with Crippen LogP contribution in [0.1, 0.15) is 22.2 Å². The van der Waals surface area contributed by atoms with Gasteiger partial charge in [0.1, 0.15) is 0 Å². The summed E-state index contributed by atoms with van der Waals surface area (Å²) < 4.78 is 5.31. The van der Waals surface area contributed by atoms with E-state index in [1.54, 1.807) is 13.0 Å². The van der Waals surface area contributed by atoms with Crippen LogP contribution in [0.15, 0.2) is 35.7 Å². The molecule has 2 rings (SSSR count). The van der Waals surface area contributed by atoms with Crippen LogP contribution >= 0.6 is 11.3 Å². The van der Waals surface area contributed by atoms with Gasteiger partial charge < -0.3 is 4.74 Å². The number of rotatable bonds is 6. The smallest absolute Gasteiger partial charge is 0.311 e. The summed E-state index contributed by atoms with van der Waals surface area (Å²) in [6, 6.07) is 8.13. The first kappa shape index (κ1) is 14.2. The minimum atomic E-state index is -0.535. The number of thiophene rings is 1. The second-order valence-electron chi connectivity index (χ2n) is 4.02. The number of para-hydroxylation sites is 1. The van der Waals surface area contributed by atoms with Crippen molar-refractivity contribution in [2.45, 2.75) is 13.3 Å². The molecule has 0 bridgehead atoms. The van der Waals surface area contributed by atoms with E-state index in [9.17, 15) is 14.9 Å². The molecule has 0 aliphatic rings. The van der Waals surface area contributed by atoms with Gasteiger partial charge in [-0.05, 0) is 24.4 Å². The van der Waals surface area contributed by atoms with Crippen molar-refractivity contribution in [3.63, 3.8) is 0 Å². The number of nitro groups is 1. The van der Waals surface area contributed by atoms with Crippen molar-refractivity contribution in [1.29, 1.82) is 0 Å². The summed E-state index contributed by atoms with van der Waals surface area (Å²) in [5.41, 5.74) is 0.0818. The number of hydrogen-bond donors (Lipinski definition) is 0. The normalized spacial score (nSPS) is 10.2. The third-order valence-corrected chi connectivity index (χ3v) is 3.57. The first-order valence-electron chi connectivity index (χ1n) is 6.09. The highest BCUT2D eigenvalue weighted by atomic mass is 32.1. The quantitative estimate of drug-likeness (QED) is 0.464. The zero-order valence-corrected chi connectivity index (χ0v) is 11.7. The maximum absolute atomic E-state index is 12.3. The molecular formula is C14H13NO4S. The van der Waals surface area contributed by atoms with Gasteiger partial charge in [-0.15, -0.1) is 11.3 Å². The molecule has 0 spiro atoms. The Balaban J connectivity index is 2.37. The minimum absolute atomic E-state index is 0.0570. The molecule has 0 saturated carbocycles. The molecule has 0 saturated heterocycles. The Morgan fingerprint density at radius 3 is 2.75 bits per heavy atom. The molecule has 1 heterocycles. The number of ketones is 1. The Bertz CT molecular complexity index is 622. The predicted molar refractivity (Wildman–Crippen MR) is 76.6 cm³/mol. The van der Waals surface area contributed by atoms with Crippen molar-refractivity contribution in [3.05, 3.63) is 56.3 Å². The van der Waals surface area contributed by atoms with Crippen molar-refractivity contribution in [2.75, 3.05) is 6.61 Å². The third-order valence-electron chi connectivity index (χ3n) is 2.69. The molecule has 0 radical (unpaired) electrons. The van der Waals surface area contributed by atoms with Crippen LogP contribution in [-0.2, 0) is 6.42 Å². The van der Waals surface area contributed by atoms with Crippen LogP contribution < -0.4 is 4.74 Å². The van der Waals surface area contributed by atoms with Crippen LogP contribution in [0.5, 0.6) is 5.75 Å². The molecule has 1 aromatic heterocycles. The molecule has 0 atom stereocenters. The zero-order chi connectivity index (χ0) is 14.5. The van der Waals surface area contributed by atoms with Crippen LogP contribution in [-0.4, -0.2) is 17.3 Å². The molecule has 0 amide bonds. The van der Waals surface area contributed by atoms with E-state index in [0.29, 0.717) is 0 Å². The number of nitrogens with zero attached hydrogens (tertiary/aromatic N) is 1. The van der Waals surface area contributed by atoms with Gasteiger partial charge in [-0.3, -0.25) is 14.9 Å². The van der Waals surface area contributed by atoms with E-state index < -0.39 is 4.92 Å². The average molecular weight is 291 g/mol. The number of ether oxygens (including phenoxy) is 1. The zero-order valence-electron chi connectivity index (χ0n) is 10.9. The fourth-order valence-electron chi connectivity index (χ4n) is 1.85. The number of carbonyl (C=O) groups is 1. The number of Topliss-reactive ketones (excluding diaryl/α,β-unsaturated/α-hetero) is 1. The molecule has 0 aliphatic carbocycles. The van der Waals surface area contributed by atoms with Crippen LogP contribution in [0.25, 0.3) is 0 Å². The largest absolute Gasteiger partial charge is 0.487 e. The fraction of sp³-hybridized carbons (Fsp3) is 0.214. The van der Waals surface area contributed by atoms with Crippen molar-refractivity contribution in [1.82, 2.24) is 0 Å². The molecule has 0 fully saturated rings. The highest BCUT2D eigenvalue weighted by Crippen LogP contribution is 2.32. The van der Waals surface area contributed by atoms with Crippen molar-refractivity contribution < 1.29 is 14.5 Å². The lowest BCUT2D eigenvalue weighted by atomic mass is 10.1. The van der Waals surface area contributed by atoms with Crippen LogP contribution in [0.3, 0.4) is 0 Å². The van der Waals surface area contributed by atoms with Gasteiger partial charge in [0.15, 0.2) is 5.78 Å². The molecule has 0 N–H and O–H groups in total. The Labute approximate surface area is 120 Å². The van der Waals surface area contributed by atoms with Crippen LogP contribution in [0.4, 0.5) is 5.69 Å². The van der Waals surface area contributed by atoms with Gasteiger partial charge in [-0.1, -0.05) is 12.1 Å². The molecule has 20 heavy (non-hydrogen) atoms. The third kappa shape index (κ3) is 3.03. The highest BCUT2D eigenvalue weighted by molar-refractivity contribution is 7.10. The second-order valence-corrected chi connectivity index (χ2v) is 5.06. The Hall–Kier alpha value is -2.21. The summed E-state index contributed by atoms with van der Waals surface area (Å²) in [5.74, 6) is -0.124. The van der Waals surface area contributed by atoms with E-state index in [-0.39, 0.29) is 35.8 Å². The van der Waals surface area contributed by atoms with Crippen molar-refractivity contribution >= 4 is 22.8 Å². The predicted octanol–water partition coefficient (Wildman–Crippen LogP) is 3.48. The standard InChI is InChI=1S/C14H13NO4S/c1-2-19-14-11(6-3-7-12(14)15(17)18)13(16)9-10-5-4-8-20-10/h3-8H,2,9H2,1H3. The number of nitro benzene ring substituents is 1. The van der Waals surface area contributed by atoms with E-state index in [1.807, 2.05) is 17.5 Å². The summed E-state index contributed by atoms with van der Waals surface area (Å²) in [6.45, 7) is 1.99. The van der Waals surface area contributed by atoms with Crippen molar-refractivity contribution in [2.24, 2.45) is 0 Å². The first-order valence-corrected chi connectivity index (χ1v) is 6.97. The summed E-state index contributed by atoms with van der Waals surface area (Å²) in [4.78, 5) is 23.7. The van der Waals surface area contributed by atoms with Gasteiger partial charge in [0.25, 0.3) is 0 Å². The summed E-state index contributed by atoms with van der Waals surface area (Å²) in [5, 5.41) is 12.9. The van der Waals surface area contributed by atoms with Gasteiger partial charge in [0.2, 0.25) is 5.75 Å². The molecule has 0 aliphatic heterocycles. The van der Waals surface area contributed by atoms with E-state index in [1.165, 1.54) is 23.5 Å². The maximum atomic E-state index is 12.3. The highest BCUT2D eigenvalue weighted by Gasteiger charge is 2.23. The lowest BCUT2D eigenvalue weighted by molar-refractivity contribution is -0.385. The Morgan fingerprint density at radius 1 is 1.35 bits per heavy atom. The fourth-order valence-corrected chi connectivity index (χ4v) is 2.55. The van der Waals surface area contributed by atoms with Gasteiger partial charge in [-0.2, -0.15) is 0 Å². The number of carbonyl (C=O) groups excluding carboxylic acids is 1. The molecule has 6 heteroatoms. The molecule has 1 aromatic carbocycles. The summed E-state index contributed by atoms with van der Waals surface area (Å²) in [6.07, 6.45) is 0.221. The molecular weight excluding hydrogens is 278 g/mol. The second kappa shape index (κ2) is 6.29. The topological polar surface area (TPSA) is 69.4 Å². The van der Waals surface area contributed by atoms with Gasteiger partial charge in [0.05, 0.1) is 17.1 Å².